The summed E-state index contributed by atoms with van der Waals surface area (Å²) in [6.45, 7) is 1.12. The molecule has 3 nitrogen and oxygen atoms in total. The zero-order chi connectivity index (χ0) is 9.97. The van der Waals surface area contributed by atoms with Crippen LogP contribution in [0.5, 0.6) is 11.5 Å². The molecule has 1 aromatic rings. The van der Waals surface area contributed by atoms with Crippen LogP contribution in [0, 0.1) is 0 Å². The van der Waals surface area contributed by atoms with Gasteiger partial charge in [-0.2, -0.15) is 0 Å². The molecule has 1 atom stereocenters. The van der Waals surface area contributed by atoms with Crippen molar-refractivity contribution < 1.29 is 14.6 Å². The van der Waals surface area contributed by atoms with Crippen LogP contribution in [0.15, 0.2) is 18.2 Å². The van der Waals surface area contributed by atoms with Gasteiger partial charge in [-0.25, -0.2) is 0 Å². The van der Waals surface area contributed by atoms with Crippen molar-refractivity contribution in [1.29, 1.82) is 0 Å². The van der Waals surface area contributed by atoms with E-state index in [1.54, 1.807) is 18.2 Å². The Kier molecular flexibility index (Phi) is 2.79. The van der Waals surface area contributed by atoms with Crippen LogP contribution in [0.1, 0.15) is 11.7 Å². The second-order valence-corrected chi connectivity index (χ2v) is 3.38. The van der Waals surface area contributed by atoms with Crippen molar-refractivity contribution in [3.05, 3.63) is 23.8 Å². The van der Waals surface area contributed by atoms with Gasteiger partial charge in [0.25, 0.3) is 0 Å². The fourth-order valence-corrected chi connectivity index (χ4v) is 1.53. The maximum absolute atomic E-state index is 9.50. The number of hydrogen-bond donors (Lipinski definition) is 1. The molecule has 0 amide bonds. The lowest BCUT2D eigenvalue weighted by molar-refractivity contribution is 0.168. The first-order valence-corrected chi connectivity index (χ1v) is 4.98. The largest absolute Gasteiger partial charge is 0.486 e. The molecular formula is C10H11ClO3. The first-order chi connectivity index (χ1) is 6.81. The van der Waals surface area contributed by atoms with Gasteiger partial charge in [0.1, 0.15) is 13.2 Å². The Morgan fingerprint density at radius 1 is 1.29 bits per heavy atom. The normalized spacial score (nSPS) is 16.4. The number of ether oxygens (including phenoxy) is 2. The van der Waals surface area contributed by atoms with Gasteiger partial charge in [-0.15, -0.1) is 11.6 Å². The van der Waals surface area contributed by atoms with E-state index in [9.17, 15) is 5.11 Å². The molecule has 0 unspecified atom stereocenters. The molecule has 0 aromatic heterocycles. The first-order valence-electron chi connectivity index (χ1n) is 4.45. The average molecular weight is 215 g/mol. The summed E-state index contributed by atoms with van der Waals surface area (Å²) >= 11 is 5.55. The van der Waals surface area contributed by atoms with Gasteiger partial charge in [0, 0.05) is 0 Å². The molecule has 0 saturated carbocycles. The van der Waals surface area contributed by atoms with E-state index in [4.69, 9.17) is 21.1 Å². The molecule has 0 bridgehead atoms. The zero-order valence-corrected chi connectivity index (χ0v) is 8.33. The second kappa shape index (κ2) is 4.07. The Balaban J connectivity index is 2.29. The van der Waals surface area contributed by atoms with Crippen LogP contribution in [-0.2, 0) is 0 Å². The van der Waals surface area contributed by atoms with Crippen molar-refractivity contribution in [2.45, 2.75) is 6.10 Å². The fourth-order valence-electron chi connectivity index (χ4n) is 1.36. The third kappa shape index (κ3) is 1.79. The number of rotatable bonds is 2. The maximum Gasteiger partial charge on any atom is 0.161 e. The Hall–Kier alpha value is -0.930. The minimum atomic E-state index is -0.646. The average Bonchev–Trinajstić information content (AvgIpc) is 2.27. The lowest BCUT2D eigenvalue weighted by Gasteiger charge is -2.19. The Morgan fingerprint density at radius 3 is 2.71 bits per heavy atom. The van der Waals surface area contributed by atoms with Gasteiger partial charge in [-0.1, -0.05) is 6.07 Å². The fraction of sp³-hybridized carbons (Fsp3) is 0.400. The van der Waals surface area contributed by atoms with E-state index < -0.39 is 6.10 Å². The van der Waals surface area contributed by atoms with Crippen LogP contribution >= 0.6 is 11.6 Å². The summed E-state index contributed by atoms with van der Waals surface area (Å²) in [5.41, 5.74) is 0.754. The van der Waals surface area contributed by atoms with Crippen molar-refractivity contribution in [3.63, 3.8) is 0 Å². The summed E-state index contributed by atoms with van der Waals surface area (Å²) in [6.07, 6.45) is -0.646. The molecule has 0 radical (unpaired) electrons. The minimum absolute atomic E-state index is 0.180. The number of alkyl halides is 1. The van der Waals surface area contributed by atoms with Gasteiger partial charge < -0.3 is 14.6 Å². The summed E-state index contributed by atoms with van der Waals surface area (Å²) in [6, 6.07) is 5.35. The minimum Gasteiger partial charge on any atom is -0.486 e. The summed E-state index contributed by atoms with van der Waals surface area (Å²) in [5.74, 6) is 1.58. The Morgan fingerprint density at radius 2 is 2.00 bits per heavy atom. The predicted octanol–water partition coefficient (Wildman–Crippen LogP) is 1.73. The zero-order valence-electron chi connectivity index (χ0n) is 7.57. The smallest absolute Gasteiger partial charge is 0.161 e. The quantitative estimate of drug-likeness (QED) is 0.763. The lowest BCUT2D eigenvalue weighted by atomic mass is 10.1. The van der Waals surface area contributed by atoms with Crippen LogP contribution in [0.2, 0.25) is 0 Å². The number of fused-ring (bicyclic) bond motifs is 1. The molecular weight excluding hydrogens is 204 g/mol. The highest BCUT2D eigenvalue weighted by molar-refractivity contribution is 6.18. The third-order valence-electron chi connectivity index (χ3n) is 2.10. The SMILES string of the molecule is O[C@H](CCl)c1ccc2c(c1)OCCO2. The molecule has 0 spiro atoms. The summed E-state index contributed by atoms with van der Waals surface area (Å²) in [5, 5.41) is 9.50. The molecule has 1 aliphatic rings. The number of aliphatic hydroxyl groups excluding tert-OH is 1. The molecule has 76 valence electrons. The van der Waals surface area contributed by atoms with E-state index in [-0.39, 0.29) is 5.88 Å². The van der Waals surface area contributed by atoms with Crippen LogP contribution < -0.4 is 9.47 Å². The van der Waals surface area contributed by atoms with E-state index in [1.165, 1.54) is 0 Å². The van der Waals surface area contributed by atoms with E-state index >= 15 is 0 Å². The van der Waals surface area contributed by atoms with E-state index in [2.05, 4.69) is 0 Å². The molecule has 1 aliphatic heterocycles. The number of aliphatic hydroxyl groups is 1. The Labute approximate surface area is 87.2 Å². The summed E-state index contributed by atoms with van der Waals surface area (Å²) in [4.78, 5) is 0. The molecule has 14 heavy (non-hydrogen) atoms. The van der Waals surface area contributed by atoms with Crippen molar-refractivity contribution in [2.75, 3.05) is 19.1 Å². The van der Waals surface area contributed by atoms with Crippen LogP contribution in [0.4, 0.5) is 0 Å². The van der Waals surface area contributed by atoms with Gasteiger partial charge in [0.05, 0.1) is 12.0 Å². The highest BCUT2D eigenvalue weighted by Crippen LogP contribution is 2.32. The molecule has 4 heteroatoms. The van der Waals surface area contributed by atoms with Gasteiger partial charge >= 0.3 is 0 Å². The topological polar surface area (TPSA) is 38.7 Å². The molecule has 0 saturated heterocycles. The van der Waals surface area contributed by atoms with E-state index in [0.29, 0.717) is 19.0 Å². The molecule has 1 N–H and O–H groups in total. The number of benzene rings is 1. The van der Waals surface area contributed by atoms with E-state index in [0.717, 1.165) is 11.3 Å². The number of halogens is 1. The molecule has 1 heterocycles. The summed E-state index contributed by atoms with van der Waals surface area (Å²) < 4.78 is 10.7. The predicted molar refractivity (Wildman–Crippen MR) is 53.1 cm³/mol. The van der Waals surface area contributed by atoms with Crippen molar-refractivity contribution in [2.24, 2.45) is 0 Å². The molecule has 0 fully saturated rings. The Bertz CT molecular complexity index is 327. The molecule has 1 aromatic carbocycles. The highest BCUT2D eigenvalue weighted by atomic mass is 35.5. The third-order valence-corrected chi connectivity index (χ3v) is 2.39. The van der Waals surface area contributed by atoms with E-state index in [1.807, 2.05) is 0 Å². The van der Waals surface area contributed by atoms with Gasteiger partial charge in [0.15, 0.2) is 11.5 Å². The van der Waals surface area contributed by atoms with Gasteiger partial charge in [0.2, 0.25) is 0 Å². The van der Waals surface area contributed by atoms with Crippen LogP contribution in [0.25, 0.3) is 0 Å². The standard InChI is InChI=1S/C10H11ClO3/c11-6-8(12)7-1-2-9-10(5-7)14-4-3-13-9/h1-2,5,8,12H,3-4,6H2/t8-/m1/s1. The lowest BCUT2D eigenvalue weighted by Crippen LogP contribution is -2.15. The van der Waals surface area contributed by atoms with Crippen molar-refractivity contribution in [3.8, 4) is 11.5 Å². The van der Waals surface area contributed by atoms with Gasteiger partial charge in [-0.05, 0) is 17.7 Å². The van der Waals surface area contributed by atoms with Crippen LogP contribution in [-0.4, -0.2) is 24.2 Å². The van der Waals surface area contributed by atoms with Crippen LogP contribution in [0.3, 0.4) is 0 Å². The van der Waals surface area contributed by atoms with Crippen molar-refractivity contribution >= 4 is 11.6 Å². The maximum atomic E-state index is 9.50. The first kappa shape index (κ1) is 9.62. The highest BCUT2D eigenvalue weighted by Gasteiger charge is 2.14. The van der Waals surface area contributed by atoms with Crippen molar-refractivity contribution in [1.82, 2.24) is 0 Å². The molecule has 2 rings (SSSR count). The number of hydrogen-bond acceptors (Lipinski definition) is 3. The monoisotopic (exact) mass is 214 g/mol. The van der Waals surface area contributed by atoms with Gasteiger partial charge in [-0.3, -0.25) is 0 Å². The second-order valence-electron chi connectivity index (χ2n) is 3.07. The summed E-state index contributed by atoms with van der Waals surface area (Å²) in [7, 11) is 0. The molecule has 0 aliphatic carbocycles.